The summed E-state index contributed by atoms with van der Waals surface area (Å²) in [7, 11) is 1.51. The maximum atomic E-state index is 10.9. The number of aromatic carboxylic acids is 2. The highest BCUT2D eigenvalue weighted by Gasteiger charge is 2.21. The van der Waals surface area contributed by atoms with Crippen molar-refractivity contribution in [2.24, 2.45) is 0 Å². The number of fused-ring (bicyclic) bond motifs is 7. The van der Waals surface area contributed by atoms with Crippen LogP contribution in [-0.4, -0.2) is 54.6 Å². The topological polar surface area (TPSA) is 208 Å². The van der Waals surface area contributed by atoms with E-state index in [9.17, 15) is 40.1 Å². The van der Waals surface area contributed by atoms with Crippen molar-refractivity contribution in [3.8, 4) is 28.7 Å². The Hall–Kier alpha value is -8.24. The number of benzene rings is 10. The molecule has 0 amide bonds. The Morgan fingerprint density at radius 1 is 0.417 bits per heavy atom. The maximum Gasteiger partial charge on any atom is 0.336 e. The van der Waals surface area contributed by atoms with E-state index < -0.39 is 16.9 Å². The Kier molecular flexibility index (Phi) is 21.6. The van der Waals surface area contributed by atoms with Crippen molar-refractivity contribution in [1.29, 1.82) is 0 Å². The molecule has 0 aliphatic heterocycles. The number of phenolic OH excluding ortho intramolecular Hbond substituents is 4. The van der Waals surface area contributed by atoms with Gasteiger partial charge in [0.15, 0.2) is 0 Å². The number of ether oxygens (including phenoxy) is 1. The molecule has 0 aromatic heterocycles. The third kappa shape index (κ3) is 15.9. The summed E-state index contributed by atoms with van der Waals surface area (Å²) < 4.78 is 7.86. The molecule has 10 aromatic carbocycles. The van der Waals surface area contributed by atoms with Gasteiger partial charge in [0.1, 0.15) is 28.7 Å². The summed E-state index contributed by atoms with van der Waals surface area (Å²) in [5.74, 6) is 0.512. The lowest BCUT2D eigenvalue weighted by Gasteiger charge is -2.04. The van der Waals surface area contributed by atoms with Crippen molar-refractivity contribution < 1.29 is 49.9 Å². The normalized spacial score (nSPS) is 12.7. The number of halogens is 3. The Bertz CT molecular complexity index is 4010. The molecule has 0 spiro atoms. The van der Waals surface area contributed by atoms with Gasteiger partial charge in [0, 0.05) is 35.6 Å². The van der Waals surface area contributed by atoms with Crippen molar-refractivity contribution >= 4 is 97.7 Å². The summed E-state index contributed by atoms with van der Waals surface area (Å²) in [5.41, 5.74) is 10.4. The molecule has 6 N–H and O–H groups in total. The van der Waals surface area contributed by atoms with Crippen LogP contribution in [0.4, 0.5) is 5.69 Å². The molecular formula is C69H62Br3NO11. The maximum absolute atomic E-state index is 10.9. The van der Waals surface area contributed by atoms with Gasteiger partial charge in [-0.05, 0) is 192 Å². The smallest absolute Gasteiger partial charge is 0.336 e. The third-order valence-electron chi connectivity index (χ3n) is 14.9. The highest BCUT2D eigenvalue weighted by atomic mass is 79.9. The molecule has 12 nitrogen and oxygen atoms in total. The molecule has 4 aliphatic carbocycles. The molecule has 14 rings (SSSR count). The second-order valence-electron chi connectivity index (χ2n) is 20.3. The molecule has 0 unspecified atom stereocenters. The molecule has 84 heavy (non-hydrogen) atoms. The van der Waals surface area contributed by atoms with Crippen molar-refractivity contribution in [2.45, 2.75) is 77.0 Å². The molecule has 10 aromatic rings. The molecule has 0 saturated heterocycles. The van der Waals surface area contributed by atoms with Crippen molar-refractivity contribution in [3.63, 3.8) is 0 Å². The standard InChI is InChI=1S/C11H9NO3.C10H9BrO2.C10H7BrO.C10H10O2.C10H8O.C9H9BrO.C9H10O/c1-15-11-7-9(12(13)14)6-8-4-2-3-5-10(8)11;11-7-4-6-2-1-3-8(6)9(5-7)10(12)13;11-8-5-7-3-1-2-4-9(7)10(12)6-8;11-10(12)9-6-2-4-7-3-1-5-8(7)9;11-10-7-3-5-8-4-1-2-6-9(8)10;10-7-4-6-2-1-3-8(6)9(11)5-7;10-9-6-2-4-7-3-1-5-8(7)9/h2-7H,1H3;4-5H,1-3H2,(H,12,13);1-6,12H;2,4,6H,1,3,5H2,(H,11,12);1-7,11H;4-5,11H,1-3H2;2,4,6,10H,1,3,5H2. The summed E-state index contributed by atoms with van der Waals surface area (Å²) >= 11 is 10.00. The second kappa shape index (κ2) is 29.3. The van der Waals surface area contributed by atoms with Crippen LogP contribution in [0.15, 0.2) is 189 Å². The fourth-order valence-corrected chi connectivity index (χ4v) is 12.4. The van der Waals surface area contributed by atoms with E-state index in [0.29, 0.717) is 39.9 Å². The molecule has 0 atom stereocenters. The Morgan fingerprint density at radius 2 is 0.845 bits per heavy atom. The zero-order chi connectivity index (χ0) is 59.9. The lowest BCUT2D eigenvalue weighted by Crippen LogP contribution is -2.02. The monoisotopic (exact) mass is 1320 g/mol. The molecule has 0 fully saturated rings. The Balaban J connectivity index is 0.000000128. The van der Waals surface area contributed by atoms with Gasteiger partial charge in [-0.3, -0.25) is 10.1 Å². The van der Waals surface area contributed by atoms with Gasteiger partial charge >= 0.3 is 11.9 Å². The predicted molar refractivity (Wildman–Crippen MR) is 343 cm³/mol. The number of carboxylic acid groups (broad SMARTS) is 2. The average Bonchev–Trinajstić information content (AvgIpc) is 4.14. The number of carbonyl (C=O) groups is 2. The fraction of sp³-hybridized carbons (Fsp3) is 0.188. The number of phenols is 4. The quantitative estimate of drug-likeness (QED) is 0.0722. The first kappa shape index (κ1) is 61.8. The number of hydrogen-bond donors (Lipinski definition) is 6. The number of carboxylic acids is 2. The minimum Gasteiger partial charge on any atom is -0.508 e. The molecular weight excluding hydrogens is 1260 g/mol. The van der Waals surface area contributed by atoms with Gasteiger partial charge < -0.3 is 35.4 Å². The van der Waals surface area contributed by atoms with Gasteiger partial charge in [-0.15, -0.1) is 0 Å². The fourth-order valence-electron chi connectivity index (χ4n) is 10.9. The van der Waals surface area contributed by atoms with E-state index in [1.807, 2.05) is 115 Å². The first-order chi connectivity index (χ1) is 40.5. The van der Waals surface area contributed by atoms with Crippen LogP contribution >= 0.6 is 47.8 Å². The Morgan fingerprint density at radius 3 is 1.43 bits per heavy atom. The van der Waals surface area contributed by atoms with Gasteiger partial charge in [-0.2, -0.15) is 0 Å². The van der Waals surface area contributed by atoms with Crippen LogP contribution in [0.25, 0.3) is 32.3 Å². The van der Waals surface area contributed by atoms with E-state index in [1.54, 1.807) is 36.4 Å². The van der Waals surface area contributed by atoms with Crippen LogP contribution in [0.3, 0.4) is 0 Å². The SMILES string of the molecule is COc1cc([N+](=O)[O-])cc2ccccc12.O=C(O)c1cc(Br)cc2c1CCC2.O=C(O)c1cccc2c1CCC2.Oc1cc(Br)cc2c1CCC2.Oc1cc(Br)cc2ccccc12.Oc1cccc2c1CCC2.Oc1cccc2ccccc12. The van der Waals surface area contributed by atoms with E-state index in [0.717, 1.165) is 127 Å². The number of aromatic hydroxyl groups is 4. The number of nitro groups is 1. The molecule has 0 saturated carbocycles. The van der Waals surface area contributed by atoms with Crippen LogP contribution < -0.4 is 4.74 Å². The van der Waals surface area contributed by atoms with Crippen LogP contribution in [0, 0.1) is 10.1 Å². The van der Waals surface area contributed by atoms with E-state index >= 15 is 0 Å². The zero-order valence-corrected chi connectivity index (χ0v) is 50.8. The van der Waals surface area contributed by atoms with Gasteiger partial charge in [0.2, 0.25) is 0 Å². The van der Waals surface area contributed by atoms with E-state index in [-0.39, 0.29) is 5.69 Å². The van der Waals surface area contributed by atoms with E-state index in [2.05, 4.69) is 59.9 Å². The number of nitro benzene ring substituents is 1. The number of rotatable bonds is 4. The molecule has 0 bridgehead atoms. The molecule has 4 aliphatic rings. The zero-order valence-electron chi connectivity index (χ0n) is 46.0. The number of nitrogens with zero attached hydrogens (tertiary/aromatic N) is 1. The lowest BCUT2D eigenvalue weighted by atomic mass is 10.0. The number of methoxy groups -OCH3 is 1. The number of non-ortho nitro benzene ring substituents is 1. The van der Waals surface area contributed by atoms with Crippen molar-refractivity contribution in [1.82, 2.24) is 0 Å². The molecule has 430 valence electrons. The first-order valence-corrected chi connectivity index (χ1v) is 29.8. The highest BCUT2D eigenvalue weighted by molar-refractivity contribution is 9.11. The molecule has 0 radical (unpaired) electrons. The summed E-state index contributed by atoms with van der Waals surface area (Å²) in [4.78, 5) is 31.9. The largest absolute Gasteiger partial charge is 0.508 e. The van der Waals surface area contributed by atoms with Gasteiger partial charge in [-0.25, -0.2) is 9.59 Å². The average molecular weight is 1320 g/mol. The predicted octanol–water partition coefficient (Wildman–Crippen LogP) is 17.6. The summed E-state index contributed by atoms with van der Waals surface area (Å²) in [6, 6.07) is 54.0. The van der Waals surface area contributed by atoms with E-state index in [4.69, 9.17) is 14.9 Å². The van der Waals surface area contributed by atoms with Gasteiger partial charge in [-0.1, -0.05) is 157 Å². The number of hydrogen-bond acceptors (Lipinski definition) is 9. The van der Waals surface area contributed by atoms with Crippen LogP contribution in [-0.2, 0) is 51.4 Å². The second-order valence-corrected chi connectivity index (χ2v) is 23.1. The highest BCUT2D eigenvalue weighted by Crippen LogP contribution is 2.35. The van der Waals surface area contributed by atoms with Crippen LogP contribution in [0.5, 0.6) is 28.7 Å². The van der Waals surface area contributed by atoms with Gasteiger partial charge in [0.25, 0.3) is 5.69 Å². The first-order valence-electron chi connectivity index (χ1n) is 27.4. The molecule has 15 heteroatoms. The van der Waals surface area contributed by atoms with Crippen LogP contribution in [0.1, 0.15) is 90.9 Å². The van der Waals surface area contributed by atoms with Crippen molar-refractivity contribution in [2.75, 3.05) is 7.11 Å². The summed E-state index contributed by atoms with van der Waals surface area (Å²) in [6.07, 6.45) is 12.8. The lowest BCUT2D eigenvalue weighted by molar-refractivity contribution is -0.384. The summed E-state index contributed by atoms with van der Waals surface area (Å²) in [5, 5.41) is 71.8. The minimum absolute atomic E-state index is 0.0468. The van der Waals surface area contributed by atoms with Crippen molar-refractivity contribution in [3.05, 3.63) is 255 Å². The van der Waals surface area contributed by atoms with Crippen LogP contribution in [0.2, 0.25) is 0 Å². The van der Waals surface area contributed by atoms with E-state index in [1.165, 1.54) is 59.9 Å². The minimum atomic E-state index is -0.820. The third-order valence-corrected chi connectivity index (χ3v) is 16.2. The molecule has 0 heterocycles. The van der Waals surface area contributed by atoms with Gasteiger partial charge in [0.05, 0.1) is 29.2 Å². The summed E-state index contributed by atoms with van der Waals surface area (Å²) in [6.45, 7) is 0. The number of aryl methyl sites for hydroxylation is 4. The Labute approximate surface area is 512 Å².